The van der Waals surface area contributed by atoms with Crippen LogP contribution in [0.15, 0.2) is 41.8 Å². The minimum Gasteiger partial charge on any atom is -0.478 e. The van der Waals surface area contributed by atoms with Gasteiger partial charge in [-0.15, -0.1) is 0 Å². The van der Waals surface area contributed by atoms with Crippen molar-refractivity contribution in [1.29, 1.82) is 0 Å². The van der Waals surface area contributed by atoms with Crippen LogP contribution in [-0.2, 0) is 10.0 Å². The summed E-state index contributed by atoms with van der Waals surface area (Å²) in [5, 5.41) is 0. The largest absolute Gasteiger partial charge is 0.478 e. The Kier molecular flexibility index (Phi) is 4.39. The van der Waals surface area contributed by atoms with E-state index in [1.165, 1.54) is 17.6 Å². The third kappa shape index (κ3) is 3.10. The molecular formula is C14H17N5O3S. The molecule has 0 saturated carbocycles. The van der Waals surface area contributed by atoms with Gasteiger partial charge in [-0.2, -0.15) is 4.31 Å². The number of pyridine rings is 1. The molecule has 3 heterocycles. The van der Waals surface area contributed by atoms with E-state index in [2.05, 4.69) is 15.0 Å². The Morgan fingerprint density at radius 2 is 1.83 bits per heavy atom. The molecule has 2 aromatic rings. The average Bonchev–Trinajstić information content (AvgIpc) is 2.62. The standard InChI is InChI=1S/C14H17N5O3S/c1-22-14-13(16-5-6-17-14)18-7-9-19(10-8-18)23(20,21)12-3-2-4-15-11-12/h2-6,11H,7-10H2,1H3. The zero-order chi connectivity index (χ0) is 16.3. The first kappa shape index (κ1) is 15.6. The Hall–Kier alpha value is -2.26. The smallest absolute Gasteiger partial charge is 0.257 e. The van der Waals surface area contributed by atoms with E-state index in [4.69, 9.17) is 4.74 Å². The van der Waals surface area contributed by atoms with Crippen molar-refractivity contribution in [3.63, 3.8) is 0 Å². The van der Waals surface area contributed by atoms with Crippen molar-refractivity contribution in [2.45, 2.75) is 4.90 Å². The summed E-state index contributed by atoms with van der Waals surface area (Å²) in [6, 6.07) is 3.17. The van der Waals surface area contributed by atoms with Crippen LogP contribution in [0.3, 0.4) is 0 Å². The number of sulfonamides is 1. The molecule has 3 rings (SSSR count). The summed E-state index contributed by atoms with van der Waals surface area (Å²) in [6.45, 7) is 1.79. The van der Waals surface area contributed by atoms with E-state index in [1.807, 2.05) is 4.90 Å². The Labute approximate surface area is 134 Å². The Balaban J connectivity index is 1.74. The van der Waals surface area contributed by atoms with Gasteiger partial charge in [0.05, 0.1) is 7.11 Å². The van der Waals surface area contributed by atoms with Crippen molar-refractivity contribution in [2.75, 3.05) is 38.2 Å². The molecule has 0 N–H and O–H groups in total. The molecule has 0 unspecified atom stereocenters. The first-order chi connectivity index (χ1) is 11.1. The minimum absolute atomic E-state index is 0.213. The van der Waals surface area contributed by atoms with Gasteiger partial charge >= 0.3 is 0 Å². The van der Waals surface area contributed by atoms with E-state index in [1.54, 1.807) is 30.7 Å². The zero-order valence-corrected chi connectivity index (χ0v) is 13.5. The number of hydrogen-bond acceptors (Lipinski definition) is 7. The molecule has 0 atom stereocenters. The van der Waals surface area contributed by atoms with Gasteiger partial charge in [0, 0.05) is 51.0 Å². The molecule has 23 heavy (non-hydrogen) atoms. The van der Waals surface area contributed by atoms with E-state index < -0.39 is 10.0 Å². The molecule has 2 aromatic heterocycles. The van der Waals surface area contributed by atoms with Gasteiger partial charge in [-0.1, -0.05) is 0 Å². The predicted octanol–water partition coefficient (Wildman–Crippen LogP) is 0.391. The summed E-state index contributed by atoms with van der Waals surface area (Å²) in [5.74, 6) is 1.07. The number of aromatic nitrogens is 3. The Morgan fingerprint density at radius 3 is 2.48 bits per heavy atom. The molecule has 1 aliphatic heterocycles. The molecule has 8 nitrogen and oxygen atoms in total. The van der Waals surface area contributed by atoms with Crippen LogP contribution >= 0.6 is 0 Å². The van der Waals surface area contributed by atoms with Crippen molar-refractivity contribution >= 4 is 15.8 Å². The maximum Gasteiger partial charge on any atom is 0.257 e. The molecule has 0 amide bonds. The number of methoxy groups -OCH3 is 1. The normalized spacial score (nSPS) is 16.3. The van der Waals surface area contributed by atoms with Crippen LogP contribution in [0.25, 0.3) is 0 Å². The number of ether oxygens (including phenoxy) is 1. The number of rotatable bonds is 4. The molecule has 1 saturated heterocycles. The fraction of sp³-hybridized carbons (Fsp3) is 0.357. The van der Waals surface area contributed by atoms with Gasteiger partial charge in [-0.25, -0.2) is 18.4 Å². The highest BCUT2D eigenvalue weighted by atomic mass is 32.2. The summed E-state index contributed by atoms with van der Waals surface area (Å²) in [5.41, 5.74) is 0. The van der Waals surface area contributed by atoms with Gasteiger partial charge in [0.25, 0.3) is 5.88 Å². The average molecular weight is 335 g/mol. The van der Waals surface area contributed by atoms with Crippen molar-refractivity contribution in [2.24, 2.45) is 0 Å². The van der Waals surface area contributed by atoms with Crippen LogP contribution in [0.4, 0.5) is 5.82 Å². The van der Waals surface area contributed by atoms with Gasteiger partial charge in [-0.05, 0) is 12.1 Å². The number of piperazine rings is 1. The van der Waals surface area contributed by atoms with E-state index in [9.17, 15) is 8.42 Å². The second-order valence-electron chi connectivity index (χ2n) is 4.97. The predicted molar refractivity (Wildman–Crippen MR) is 83.8 cm³/mol. The summed E-state index contributed by atoms with van der Waals surface area (Å²) >= 11 is 0. The summed E-state index contributed by atoms with van der Waals surface area (Å²) in [6.07, 6.45) is 6.08. The van der Waals surface area contributed by atoms with Crippen LogP contribution < -0.4 is 9.64 Å². The third-order valence-corrected chi connectivity index (χ3v) is 5.53. The molecule has 1 aliphatic rings. The van der Waals surface area contributed by atoms with Crippen LogP contribution in [-0.4, -0.2) is 61.0 Å². The van der Waals surface area contributed by atoms with E-state index in [0.29, 0.717) is 37.9 Å². The minimum atomic E-state index is -3.51. The van der Waals surface area contributed by atoms with Crippen molar-refractivity contribution in [3.8, 4) is 5.88 Å². The topological polar surface area (TPSA) is 88.5 Å². The lowest BCUT2D eigenvalue weighted by Crippen LogP contribution is -2.49. The van der Waals surface area contributed by atoms with Gasteiger partial charge < -0.3 is 9.64 Å². The SMILES string of the molecule is COc1nccnc1N1CCN(S(=O)(=O)c2cccnc2)CC1. The molecule has 0 spiro atoms. The van der Waals surface area contributed by atoms with Crippen molar-refractivity contribution in [3.05, 3.63) is 36.9 Å². The molecule has 0 aliphatic carbocycles. The maximum atomic E-state index is 12.6. The maximum absolute atomic E-state index is 12.6. The Bertz CT molecular complexity index is 761. The van der Waals surface area contributed by atoms with Gasteiger partial charge in [0.2, 0.25) is 10.0 Å². The molecule has 1 fully saturated rings. The van der Waals surface area contributed by atoms with Crippen LogP contribution in [0, 0.1) is 0 Å². The highest BCUT2D eigenvalue weighted by molar-refractivity contribution is 7.89. The quantitative estimate of drug-likeness (QED) is 0.798. The first-order valence-electron chi connectivity index (χ1n) is 7.13. The second kappa shape index (κ2) is 6.47. The summed E-state index contributed by atoms with van der Waals surface area (Å²) in [7, 11) is -1.97. The molecule has 9 heteroatoms. The van der Waals surface area contributed by atoms with E-state index in [0.717, 1.165) is 0 Å². The molecule has 0 radical (unpaired) electrons. The lowest BCUT2D eigenvalue weighted by atomic mass is 10.3. The van der Waals surface area contributed by atoms with Gasteiger partial charge in [-0.3, -0.25) is 4.98 Å². The number of hydrogen-bond donors (Lipinski definition) is 0. The second-order valence-corrected chi connectivity index (χ2v) is 6.91. The van der Waals surface area contributed by atoms with E-state index in [-0.39, 0.29) is 4.90 Å². The number of nitrogens with zero attached hydrogens (tertiary/aromatic N) is 5. The zero-order valence-electron chi connectivity index (χ0n) is 12.7. The first-order valence-corrected chi connectivity index (χ1v) is 8.57. The van der Waals surface area contributed by atoms with Crippen molar-refractivity contribution in [1.82, 2.24) is 19.3 Å². The van der Waals surface area contributed by atoms with Crippen molar-refractivity contribution < 1.29 is 13.2 Å². The molecule has 0 bridgehead atoms. The lowest BCUT2D eigenvalue weighted by molar-refractivity contribution is 0.371. The van der Waals surface area contributed by atoms with Crippen LogP contribution in [0.1, 0.15) is 0 Å². The molecule has 122 valence electrons. The van der Waals surface area contributed by atoms with Gasteiger partial charge in [0.15, 0.2) is 5.82 Å². The number of anilines is 1. The summed E-state index contributed by atoms with van der Waals surface area (Å²) in [4.78, 5) is 14.5. The fourth-order valence-electron chi connectivity index (χ4n) is 2.47. The Morgan fingerprint density at radius 1 is 1.09 bits per heavy atom. The highest BCUT2D eigenvalue weighted by Gasteiger charge is 2.30. The fourth-order valence-corrected chi connectivity index (χ4v) is 3.85. The highest BCUT2D eigenvalue weighted by Crippen LogP contribution is 2.24. The van der Waals surface area contributed by atoms with E-state index >= 15 is 0 Å². The van der Waals surface area contributed by atoms with Crippen LogP contribution in [0.5, 0.6) is 5.88 Å². The lowest BCUT2D eigenvalue weighted by Gasteiger charge is -2.34. The molecule has 0 aromatic carbocycles. The monoisotopic (exact) mass is 335 g/mol. The van der Waals surface area contributed by atoms with Crippen LogP contribution in [0.2, 0.25) is 0 Å². The summed E-state index contributed by atoms with van der Waals surface area (Å²) < 4.78 is 31.8. The molecular weight excluding hydrogens is 318 g/mol. The van der Waals surface area contributed by atoms with Gasteiger partial charge in [0.1, 0.15) is 4.90 Å². The third-order valence-electron chi connectivity index (χ3n) is 3.65.